The Morgan fingerprint density at radius 2 is 2.38 bits per heavy atom. The summed E-state index contributed by atoms with van der Waals surface area (Å²) in [4.78, 5) is 20.7. The Hall–Kier alpha value is -1.73. The average molecular weight is 345 g/mol. The van der Waals surface area contributed by atoms with Crippen molar-refractivity contribution in [3.63, 3.8) is 0 Å². The number of amides is 1. The molecule has 0 spiro atoms. The lowest BCUT2D eigenvalue weighted by Gasteiger charge is -2.25. The van der Waals surface area contributed by atoms with Crippen molar-refractivity contribution in [2.75, 3.05) is 19.6 Å². The van der Waals surface area contributed by atoms with Crippen LogP contribution in [0.3, 0.4) is 0 Å². The molecule has 2 N–H and O–H groups in total. The van der Waals surface area contributed by atoms with Crippen molar-refractivity contribution in [3.05, 3.63) is 33.0 Å². The molecular weight excluding hydrogens is 322 g/mol. The van der Waals surface area contributed by atoms with Crippen LogP contribution in [0.5, 0.6) is 0 Å². The van der Waals surface area contributed by atoms with Crippen LogP contribution in [-0.2, 0) is 19.4 Å². The summed E-state index contributed by atoms with van der Waals surface area (Å²) in [7, 11) is 0. The summed E-state index contributed by atoms with van der Waals surface area (Å²) in [5.41, 5.74) is 5.80. The molecule has 1 amide bonds. The van der Waals surface area contributed by atoms with Gasteiger partial charge < -0.3 is 10.2 Å². The van der Waals surface area contributed by atoms with Gasteiger partial charge in [-0.05, 0) is 51.6 Å². The zero-order valence-electron chi connectivity index (χ0n) is 14.0. The third-order valence-corrected chi connectivity index (χ3v) is 6.04. The maximum atomic E-state index is 13.2. The number of carbonyl (C=O) groups is 1. The quantitative estimate of drug-likeness (QED) is 0.868. The number of aromatic amines is 1. The van der Waals surface area contributed by atoms with Gasteiger partial charge in [0.1, 0.15) is 0 Å². The van der Waals surface area contributed by atoms with Crippen molar-refractivity contribution in [2.24, 2.45) is 5.92 Å². The third-order valence-electron chi connectivity index (χ3n) is 5.12. The SMILES string of the molecule is Cc1ncsc1CN(C[C@@H]1CCNC1)C(=O)c1n[nH]c2c1CCC2. The summed E-state index contributed by atoms with van der Waals surface area (Å²) in [5.74, 6) is 0.586. The molecule has 3 heterocycles. The van der Waals surface area contributed by atoms with E-state index in [9.17, 15) is 4.79 Å². The Kier molecular flexibility index (Phi) is 4.37. The Balaban J connectivity index is 1.58. The highest BCUT2D eigenvalue weighted by molar-refractivity contribution is 7.09. The number of hydrogen-bond donors (Lipinski definition) is 2. The number of nitrogens with one attached hydrogen (secondary N) is 2. The number of thiazole rings is 1. The average Bonchev–Trinajstić information content (AvgIpc) is 3.31. The van der Waals surface area contributed by atoms with E-state index in [1.54, 1.807) is 11.3 Å². The second-order valence-corrected chi connectivity index (χ2v) is 7.73. The monoisotopic (exact) mass is 345 g/mol. The van der Waals surface area contributed by atoms with Gasteiger partial charge in [-0.25, -0.2) is 4.98 Å². The van der Waals surface area contributed by atoms with E-state index in [0.29, 0.717) is 18.2 Å². The number of nitrogens with zero attached hydrogens (tertiary/aromatic N) is 3. The fourth-order valence-corrected chi connectivity index (χ4v) is 4.49. The minimum Gasteiger partial charge on any atom is -0.332 e. The van der Waals surface area contributed by atoms with Crippen LogP contribution in [0.2, 0.25) is 0 Å². The van der Waals surface area contributed by atoms with E-state index >= 15 is 0 Å². The summed E-state index contributed by atoms with van der Waals surface area (Å²) >= 11 is 1.63. The summed E-state index contributed by atoms with van der Waals surface area (Å²) in [6.07, 6.45) is 4.22. The number of H-pyrrole nitrogens is 1. The first-order valence-corrected chi connectivity index (χ1v) is 9.55. The van der Waals surface area contributed by atoms with Crippen LogP contribution in [-0.4, -0.2) is 45.6 Å². The third kappa shape index (κ3) is 2.98. The van der Waals surface area contributed by atoms with Crippen molar-refractivity contribution < 1.29 is 4.79 Å². The lowest BCUT2D eigenvalue weighted by Crippen LogP contribution is -2.36. The molecule has 0 bridgehead atoms. The second kappa shape index (κ2) is 6.64. The van der Waals surface area contributed by atoms with Crippen LogP contribution in [0.25, 0.3) is 0 Å². The first-order chi connectivity index (χ1) is 11.7. The molecule has 1 fully saturated rings. The van der Waals surface area contributed by atoms with Gasteiger partial charge in [0, 0.05) is 22.7 Å². The Bertz CT molecular complexity index is 731. The molecule has 4 rings (SSSR count). The largest absolute Gasteiger partial charge is 0.332 e. The number of rotatable bonds is 5. The van der Waals surface area contributed by atoms with Gasteiger partial charge in [0.15, 0.2) is 5.69 Å². The number of aromatic nitrogens is 3. The van der Waals surface area contributed by atoms with Crippen LogP contribution in [0.4, 0.5) is 0 Å². The van der Waals surface area contributed by atoms with E-state index in [-0.39, 0.29) is 5.91 Å². The predicted octanol–water partition coefficient (Wildman–Crippen LogP) is 1.92. The maximum Gasteiger partial charge on any atom is 0.274 e. The number of hydrogen-bond acceptors (Lipinski definition) is 5. The van der Waals surface area contributed by atoms with Crippen LogP contribution in [0, 0.1) is 12.8 Å². The summed E-state index contributed by atoms with van der Waals surface area (Å²) in [5, 5.41) is 10.8. The van der Waals surface area contributed by atoms with E-state index in [2.05, 4.69) is 20.5 Å². The van der Waals surface area contributed by atoms with Crippen molar-refractivity contribution in [1.29, 1.82) is 0 Å². The Morgan fingerprint density at radius 1 is 1.46 bits per heavy atom. The van der Waals surface area contributed by atoms with Gasteiger partial charge >= 0.3 is 0 Å². The minimum absolute atomic E-state index is 0.0640. The fourth-order valence-electron chi connectivity index (χ4n) is 3.70. The van der Waals surface area contributed by atoms with Gasteiger partial charge in [0.2, 0.25) is 0 Å². The maximum absolute atomic E-state index is 13.2. The second-order valence-electron chi connectivity index (χ2n) is 6.79. The number of fused-ring (bicyclic) bond motifs is 1. The highest BCUT2D eigenvalue weighted by Gasteiger charge is 2.29. The lowest BCUT2D eigenvalue weighted by atomic mass is 10.1. The molecule has 2 aromatic rings. The molecule has 0 radical (unpaired) electrons. The molecule has 1 atom stereocenters. The van der Waals surface area contributed by atoms with Crippen LogP contribution >= 0.6 is 11.3 Å². The van der Waals surface area contributed by atoms with Gasteiger partial charge in [-0.2, -0.15) is 5.10 Å². The van der Waals surface area contributed by atoms with Crippen LogP contribution in [0.1, 0.15) is 45.2 Å². The number of aryl methyl sites for hydroxylation is 2. The van der Waals surface area contributed by atoms with E-state index in [1.807, 2.05) is 17.3 Å². The predicted molar refractivity (Wildman–Crippen MR) is 93.2 cm³/mol. The first-order valence-electron chi connectivity index (χ1n) is 8.67. The van der Waals surface area contributed by atoms with E-state index in [0.717, 1.165) is 62.3 Å². The van der Waals surface area contributed by atoms with Crippen molar-refractivity contribution in [2.45, 2.75) is 39.2 Å². The van der Waals surface area contributed by atoms with Crippen LogP contribution in [0.15, 0.2) is 5.51 Å². The topological polar surface area (TPSA) is 73.9 Å². The molecule has 24 heavy (non-hydrogen) atoms. The highest BCUT2D eigenvalue weighted by atomic mass is 32.1. The summed E-state index contributed by atoms with van der Waals surface area (Å²) in [6, 6.07) is 0. The molecule has 2 aliphatic rings. The molecule has 2 aromatic heterocycles. The minimum atomic E-state index is 0.0640. The standard InChI is InChI=1S/C17H23N5OS/c1-11-15(24-10-19-11)9-22(8-12-5-6-18-7-12)17(23)16-13-3-2-4-14(13)20-21-16/h10,12,18H,2-9H2,1H3,(H,20,21)/t12-/m1/s1. The van der Waals surface area contributed by atoms with Gasteiger partial charge in [0.05, 0.1) is 17.7 Å². The number of carbonyl (C=O) groups excluding carboxylic acids is 1. The molecule has 6 nitrogen and oxygen atoms in total. The molecule has 128 valence electrons. The molecule has 7 heteroatoms. The van der Waals surface area contributed by atoms with Gasteiger partial charge in [-0.1, -0.05) is 0 Å². The molecule has 1 aliphatic carbocycles. The first kappa shape index (κ1) is 15.8. The van der Waals surface area contributed by atoms with Crippen molar-refractivity contribution in [1.82, 2.24) is 25.4 Å². The van der Waals surface area contributed by atoms with Crippen molar-refractivity contribution in [3.8, 4) is 0 Å². The molecule has 0 saturated carbocycles. The summed E-state index contributed by atoms with van der Waals surface area (Å²) < 4.78 is 0. The lowest BCUT2D eigenvalue weighted by molar-refractivity contribution is 0.0713. The highest BCUT2D eigenvalue weighted by Crippen LogP contribution is 2.25. The molecule has 0 unspecified atom stereocenters. The Morgan fingerprint density at radius 3 is 3.12 bits per heavy atom. The molecule has 1 aliphatic heterocycles. The van der Waals surface area contributed by atoms with Crippen molar-refractivity contribution >= 4 is 17.2 Å². The zero-order valence-corrected chi connectivity index (χ0v) is 14.8. The van der Waals surface area contributed by atoms with E-state index in [4.69, 9.17) is 0 Å². The zero-order chi connectivity index (χ0) is 16.5. The smallest absolute Gasteiger partial charge is 0.274 e. The molecule has 1 saturated heterocycles. The van der Waals surface area contributed by atoms with Crippen LogP contribution < -0.4 is 5.32 Å². The Labute approximate surface area is 145 Å². The molecular formula is C17H23N5OS. The fraction of sp³-hybridized carbons (Fsp3) is 0.588. The molecule has 0 aromatic carbocycles. The van der Waals surface area contributed by atoms with E-state index in [1.165, 1.54) is 4.88 Å². The van der Waals surface area contributed by atoms with Gasteiger partial charge in [-0.15, -0.1) is 11.3 Å². The van der Waals surface area contributed by atoms with E-state index < -0.39 is 0 Å². The van der Waals surface area contributed by atoms with Gasteiger partial charge in [-0.3, -0.25) is 9.89 Å². The van der Waals surface area contributed by atoms with Gasteiger partial charge in [0.25, 0.3) is 5.91 Å². The summed E-state index contributed by atoms with van der Waals surface area (Å²) in [6.45, 7) is 5.46. The normalized spacial score (nSPS) is 19.6.